The van der Waals surface area contributed by atoms with Gasteiger partial charge in [0.2, 0.25) is 0 Å². The number of halogens is 1. The van der Waals surface area contributed by atoms with Crippen molar-refractivity contribution in [3.63, 3.8) is 0 Å². The monoisotopic (exact) mass is 284 g/mol. The van der Waals surface area contributed by atoms with Gasteiger partial charge in [0, 0.05) is 17.7 Å². The Hall–Kier alpha value is -2.26. The first-order valence-electron chi connectivity index (χ1n) is 6.30. The number of aromatic nitrogens is 1. The first-order valence-corrected chi connectivity index (χ1v) is 6.67. The third kappa shape index (κ3) is 2.83. The van der Waals surface area contributed by atoms with Gasteiger partial charge >= 0.3 is 0 Å². The van der Waals surface area contributed by atoms with E-state index in [1.165, 1.54) is 5.56 Å². The van der Waals surface area contributed by atoms with Crippen LogP contribution in [-0.4, -0.2) is 4.98 Å². The summed E-state index contributed by atoms with van der Waals surface area (Å²) in [5.41, 5.74) is 2.99. The molecule has 1 N–H and O–H groups in total. The molecule has 0 fully saturated rings. The number of nitrogens with one attached hydrogen (secondary N) is 1. The maximum atomic E-state index is 6.21. The van der Waals surface area contributed by atoms with E-state index in [0.29, 0.717) is 5.15 Å². The summed E-state index contributed by atoms with van der Waals surface area (Å²) in [4.78, 5) is 4.36. The van der Waals surface area contributed by atoms with Crippen molar-refractivity contribution in [3.8, 4) is 11.1 Å². The lowest BCUT2D eigenvalue weighted by Gasteiger charge is -2.07. The summed E-state index contributed by atoms with van der Waals surface area (Å²) in [7, 11) is 0. The number of anilines is 1. The second kappa shape index (κ2) is 5.80. The Morgan fingerprint density at radius 1 is 1.05 bits per heavy atom. The fourth-order valence-corrected chi connectivity index (χ4v) is 2.22. The molecule has 0 spiro atoms. The molecule has 100 valence electrons. The second-order valence-electron chi connectivity index (χ2n) is 4.39. The zero-order valence-electron chi connectivity index (χ0n) is 10.7. The molecule has 4 heteroatoms. The van der Waals surface area contributed by atoms with E-state index in [2.05, 4.69) is 22.4 Å². The van der Waals surface area contributed by atoms with Crippen LogP contribution in [0.4, 0.5) is 5.82 Å². The fraction of sp³-hybridized carbons (Fsp3) is 0.0625. The van der Waals surface area contributed by atoms with Crippen LogP contribution in [0.15, 0.2) is 65.5 Å². The Balaban J connectivity index is 1.74. The number of nitrogens with zero attached hydrogens (tertiary/aromatic N) is 1. The summed E-state index contributed by atoms with van der Waals surface area (Å²) in [6.07, 6.45) is 3.27. The maximum absolute atomic E-state index is 6.21. The molecule has 20 heavy (non-hydrogen) atoms. The molecule has 2 heterocycles. The molecule has 0 bridgehead atoms. The van der Waals surface area contributed by atoms with Gasteiger partial charge in [0.25, 0.3) is 0 Å². The van der Waals surface area contributed by atoms with Crippen LogP contribution < -0.4 is 5.32 Å². The highest BCUT2D eigenvalue weighted by atomic mass is 35.5. The van der Waals surface area contributed by atoms with Crippen molar-refractivity contribution in [1.29, 1.82) is 0 Å². The highest BCUT2D eigenvalue weighted by Crippen LogP contribution is 2.28. The third-order valence-corrected chi connectivity index (χ3v) is 3.29. The SMILES string of the molecule is Clc1nc(NCc2ccccc2)ccc1-c1ccoc1. The van der Waals surface area contributed by atoms with Crippen LogP contribution in [0.25, 0.3) is 11.1 Å². The third-order valence-electron chi connectivity index (χ3n) is 3.00. The topological polar surface area (TPSA) is 38.1 Å². The van der Waals surface area contributed by atoms with E-state index in [0.717, 1.165) is 23.5 Å². The van der Waals surface area contributed by atoms with Gasteiger partial charge in [-0.25, -0.2) is 4.98 Å². The normalized spacial score (nSPS) is 10.4. The van der Waals surface area contributed by atoms with Gasteiger partial charge in [-0.05, 0) is 23.8 Å². The fourth-order valence-electron chi connectivity index (χ4n) is 1.95. The van der Waals surface area contributed by atoms with Gasteiger partial charge in [0.15, 0.2) is 0 Å². The molecule has 0 atom stereocenters. The van der Waals surface area contributed by atoms with Crippen molar-refractivity contribution in [2.45, 2.75) is 6.54 Å². The largest absolute Gasteiger partial charge is 0.472 e. The predicted octanol–water partition coefficient (Wildman–Crippen LogP) is 4.61. The highest BCUT2D eigenvalue weighted by Gasteiger charge is 2.07. The molecule has 2 aromatic heterocycles. The molecule has 3 rings (SSSR count). The van der Waals surface area contributed by atoms with Gasteiger partial charge in [-0.15, -0.1) is 0 Å². The average molecular weight is 285 g/mol. The lowest BCUT2D eigenvalue weighted by atomic mass is 10.1. The standard InChI is InChI=1S/C16H13ClN2O/c17-16-14(13-8-9-20-11-13)6-7-15(19-16)18-10-12-4-2-1-3-5-12/h1-9,11H,10H2,(H,18,19). The minimum atomic E-state index is 0.462. The predicted molar refractivity (Wildman–Crippen MR) is 80.7 cm³/mol. The zero-order chi connectivity index (χ0) is 13.8. The molecular formula is C16H13ClN2O. The zero-order valence-corrected chi connectivity index (χ0v) is 11.5. The summed E-state index contributed by atoms with van der Waals surface area (Å²) >= 11 is 6.21. The Bertz CT molecular complexity index is 681. The molecule has 0 aliphatic carbocycles. The smallest absolute Gasteiger partial charge is 0.139 e. The van der Waals surface area contributed by atoms with Gasteiger partial charge in [0.1, 0.15) is 11.0 Å². The molecule has 0 amide bonds. The van der Waals surface area contributed by atoms with Crippen LogP contribution in [0, 0.1) is 0 Å². The van der Waals surface area contributed by atoms with Gasteiger partial charge in [0.05, 0.1) is 12.5 Å². The molecule has 0 saturated carbocycles. The first-order chi connectivity index (χ1) is 9.83. The Labute approximate surface area is 122 Å². The van der Waals surface area contributed by atoms with Crippen LogP contribution in [0.2, 0.25) is 5.15 Å². The summed E-state index contributed by atoms with van der Waals surface area (Å²) in [6.45, 7) is 0.717. The molecule has 3 nitrogen and oxygen atoms in total. The molecule has 0 unspecified atom stereocenters. The van der Waals surface area contributed by atoms with Crippen molar-refractivity contribution >= 4 is 17.4 Å². The maximum Gasteiger partial charge on any atom is 0.139 e. The number of pyridine rings is 1. The van der Waals surface area contributed by atoms with E-state index in [4.69, 9.17) is 16.0 Å². The summed E-state index contributed by atoms with van der Waals surface area (Å²) < 4.78 is 5.06. The molecule has 0 aliphatic heterocycles. The van der Waals surface area contributed by atoms with Gasteiger partial charge < -0.3 is 9.73 Å². The number of rotatable bonds is 4. The highest BCUT2D eigenvalue weighted by molar-refractivity contribution is 6.32. The lowest BCUT2D eigenvalue weighted by molar-refractivity contribution is 0.568. The minimum Gasteiger partial charge on any atom is -0.472 e. The molecular weight excluding hydrogens is 272 g/mol. The quantitative estimate of drug-likeness (QED) is 0.711. The number of furan rings is 1. The van der Waals surface area contributed by atoms with Crippen molar-refractivity contribution in [2.24, 2.45) is 0 Å². The number of benzene rings is 1. The van der Waals surface area contributed by atoms with E-state index < -0.39 is 0 Å². The summed E-state index contributed by atoms with van der Waals surface area (Å²) in [6, 6.07) is 15.9. The van der Waals surface area contributed by atoms with Crippen LogP contribution in [0.5, 0.6) is 0 Å². The first kappa shape index (κ1) is 12.8. The van der Waals surface area contributed by atoms with Gasteiger partial charge in [-0.3, -0.25) is 0 Å². The second-order valence-corrected chi connectivity index (χ2v) is 4.74. The van der Waals surface area contributed by atoms with Crippen molar-refractivity contribution in [1.82, 2.24) is 4.98 Å². The number of hydrogen-bond acceptors (Lipinski definition) is 3. The Kier molecular flexibility index (Phi) is 3.70. The molecule has 0 saturated heterocycles. The molecule has 0 aliphatic rings. The number of hydrogen-bond donors (Lipinski definition) is 1. The van der Waals surface area contributed by atoms with Crippen LogP contribution in [-0.2, 0) is 6.54 Å². The van der Waals surface area contributed by atoms with E-state index in [1.807, 2.05) is 36.4 Å². The van der Waals surface area contributed by atoms with Crippen LogP contribution in [0.1, 0.15) is 5.56 Å². The molecule has 3 aromatic rings. The van der Waals surface area contributed by atoms with E-state index >= 15 is 0 Å². The van der Waals surface area contributed by atoms with E-state index in [1.54, 1.807) is 12.5 Å². The summed E-state index contributed by atoms with van der Waals surface area (Å²) in [5, 5.41) is 3.72. The van der Waals surface area contributed by atoms with E-state index in [-0.39, 0.29) is 0 Å². The Morgan fingerprint density at radius 3 is 2.60 bits per heavy atom. The lowest BCUT2D eigenvalue weighted by Crippen LogP contribution is -2.01. The molecule has 1 aromatic carbocycles. The van der Waals surface area contributed by atoms with Gasteiger partial charge in [-0.1, -0.05) is 41.9 Å². The average Bonchev–Trinajstić information content (AvgIpc) is 3.00. The van der Waals surface area contributed by atoms with Crippen molar-refractivity contribution < 1.29 is 4.42 Å². The van der Waals surface area contributed by atoms with Crippen LogP contribution in [0.3, 0.4) is 0 Å². The van der Waals surface area contributed by atoms with Crippen molar-refractivity contribution in [2.75, 3.05) is 5.32 Å². The van der Waals surface area contributed by atoms with Crippen LogP contribution >= 0.6 is 11.6 Å². The van der Waals surface area contributed by atoms with Gasteiger partial charge in [-0.2, -0.15) is 0 Å². The summed E-state index contributed by atoms with van der Waals surface area (Å²) in [5.74, 6) is 0.756. The minimum absolute atomic E-state index is 0.462. The Morgan fingerprint density at radius 2 is 1.90 bits per heavy atom. The van der Waals surface area contributed by atoms with E-state index in [9.17, 15) is 0 Å². The van der Waals surface area contributed by atoms with Crippen molar-refractivity contribution in [3.05, 3.63) is 71.8 Å². The molecule has 0 radical (unpaired) electrons.